The van der Waals surface area contributed by atoms with Crippen molar-refractivity contribution < 1.29 is 23.9 Å². The van der Waals surface area contributed by atoms with Gasteiger partial charge in [0, 0.05) is 19.0 Å². The number of alkyl carbamates (subject to hydrolysis) is 1. The van der Waals surface area contributed by atoms with Gasteiger partial charge in [0.05, 0.1) is 0 Å². The van der Waals surface area contributed by atoms with E-state index in [2.05, 4.69) is 10.6 Å². The molecule has 0 aliphatic heterocycles. The number of nitrogens with two attached hydrogens (primary N) is 1. The fraction of sp³-hybridized carbons (Fsp3) is 0.655. The van der Waals surface area contributed by atoms with E-state index in [1.807, 2.05) is 39.0 Å². The lowest BCUT2D eigenvalue weighted by Crippen LogP contribution is -2.54. The molecule has 1 aliphatic carbocycles. The first-order valence-corrected chi connectivity index (χ1v) is 13.8. The van der Waals surface area contributed by atoms with Crippen LogP contribution in [0.3, 0.4) is 0 Å². The topological polar surface area (TPSA) is 131 Å². The van der Waals surface area contributed by atoms with Gasteiger partial charge in [0.15, 0.2) is 0 Å². The second kappa shape index (κ2) is 14.2. The Hall–Kier alpha value is -3.10. The number of nitrogens with one attached hydrogen (secondary N) is 2. The van der Waals surface area contributed by atoms with E-state index in [1.165, 1.54) is 4.90 Å². The summed E-state index contributed by atoms with van der Waals surface area (Å²) in [7, 11) is 0. The molecule has 0 aromatic heterocycles. The van der Waals surface area contributed by atoms with E-state index >= 15 is 0 Å². The number of benzene rings is 1. The molecule has 2 rings (SSSR count). The summed E-state index contributed by atoms with van der Waals surface area (Å²) in [6.07, 6.45) is 4.82. The molecule has 9 nitrogen and oxygen atoms in total. The minimum Gasteiger partial charge on any atom is -0.444 e. The van der Waals surface area contributed by atoms with Crippen LogP contribution in [-0.2, 0) is 19.1 Å². The van der Waals surface area contributed by atoms with E-state index < -0.39 is 35.6 Å². The van der Waals surface area contributed by atoms with E-state index in [1.54, 1.807) is 20.8 Å². The average molecular weight is 531 g/mol. The summed E-state index contributed by atoms with van der Waals surface area (Å²) in [6, 6.07) is 3.83. The van der Waals surface area contributed by atoms with E-state index in [9.17, 15) is 19.2 Å². The molecule has 9 heteroatoms. The number of hydrogen-bond acceptors (Lipinski definition) is 5. The maximum atomic E-state index is 14.1. The Bertz CT molecular complexity index is 982. The number of aryl methyl sites for hydroxylation is 1. The summed E-state index contributed by atoms with van der Waals surface area (Å²) in [5.74, 6) is -1.28. The van der Waals surface area contributed by atoms with Crippen molar-refractivity contribution in [1.29, 1.82) is 0 Å². The van der Waals surface area contributed by atoms with Crippen molar-refractivity contribution in [3.63, 3.8) is 0 Å². The van der Waals surface area contributed by atoms with Crippen LogP contribution in [0.4, 0.5) is 4.79 Å². The molecule has 4 amide bonds. The zero-order valence-corrected chi connectivity index (χ0v) is 23.9. The molecule has 2 atom stereocenters. The van der Waals surface area contributed by atoms with Gasteiger partial charge in [-0.25, -0.2) is 4.79 Å². The third-order valence-corrected chi connectivity index (χ3v) is 6.87. The lowest BCUT2D eigenvalue weighted by Gasteiger charge is -2.36. The maximum Gasteiger partial charge on any atom is 0.408 e. The highest BCUT2D eigenvalue weighted by Gasteiger charge is 2.37. The highest BCUT2D eigenvalue weighted by Crippen LogP contribution is 2.29. The number of nitrogens with zero attached hydrogens (tertiary/aromatic N) is 1. The summed E-state index contributed by atoms with van der Waals surface area (Å²) in [4.78, 5) is 53.7. The van der Waals surface area contributed by atoms with Crippen molar-refractivity contribution in [2.45, 2.75) is 117 Å². The first-order chi connectivity index (χ1) is 17.8. The van der Waals surface area contributed by atoms with Gasteiger partial charge in [-0.1, -0.05) is 44.4 Å². The second-order valence-electron chi connectivity index (χ2n) is 11.3. The lowest BCUT2D eigenvalue weighted by molar-refractivity contribution is -0.143. The molecule has 0 saturated heterocycles. The number of carbonyl (C=O) groups is 4. The van der Waals surface area contributed by atoms with Gasteiger partial charge in [-0.15, -0.1) is 0 Å². The van der Waals surface area contributed by atoms with E-state index in [-0.39, 0.29) is 31.3 Å². The number of rotatable bonds is 11. The second-order valence-corrected chi connectivity index (χ2v) is 11.3. The third-order valence-electron chi connectivity index (χ3n) is 6.87. The van der Waals surface area contributed by atoms with E-state index in [4.69, 9.17) is 10.5 Å². The molecular formula is C29H46N4O5. The summed E-state index contributed by atoms with van der Waals surface area (Å²) >= 11 is 0. The Labute approximate surface area is 227 Å². The fourth-order valence-corrected chi connectivity index (χ4v) is 4.85. The van der Waals surface area contributed by atoms with Gasteiger partial charge in [0.25, 0.3) is 0 Å². The molecule has 0 heterocycles. The number of carbonyl (C=O) groups excluding carboxylic acids is 4. The van der Waals surface area contributed by atoms with E-state index in [0.29, 0.717) is 6.42 Å². The van der Waals surface area contributed by atoms with Gasteiger partial charge in [-0.3, -0.25) is 14.4 Å². The molecule has 0 spiro atoms. The molecule has 4 N–H and O–H groups in total. The highest BCUT2D eigenvalue weighted by molar-refractivity contribution is 5.92. The number of ether oxygens (including phenoxy) is 1. The van der Waals surface area contributed by atoms with Gasteiger partial charge in [-0.2, -0.15) is 0 Å². The molecule has 1 aliphatic rings. The molecule has 0 radical (unpaired) electrons. The fourth-order valence-electron chi connectivity index (χ4n) is 4.85. The van der Waals surface area contributed by atoms with Crippen LogP contribution < -0.4 is 16.4 Å². The predicted molar refractivity (Wildman–Crippen MR) is 147 cm³/mol. The van der Waals surface area contributed by atoms with Crippen LogP contribution in [0.15, 0.2) is 18.2 Å². The van der Waals surface area contributed by atoms with Crippen molar-refractivity contribution in [2.24, 2.45) is 5.73 Å². The molecule has 1 fully saturated rings. The summed E-state index contributed by atoms with van der Waals surface area (Å²) in [5, 5.41) is 5.83. The van der Waals surface area contributed by atoms with Crippen LogP contribution in [0.5, 0.6) is 0 Å². The van der Waals surface area contributed by atoms with Gasteiger partial charge < -0.3 is 26.0 Å². The highest BCUT2D eigenvalue weighted by atomic mass is 16.6. The molecular weight excluding hydrogens is 484 g/mol. The van der Waals surface area contributed by atoms with E-state index in [0.717, 1.165) is 48.8 Å². The quantitative estimate of drug-likeness (QED) is 0.395. The van der Waals surface area contributed by atoms with Crippen LogP contribution in [0.1, 0.15) is 102 Å². The Morgan fingerprint density at radius 1 is 1.11 bits per heavy atom. The van der Waals surface area contributed by atoms with Gasteiger partial charge in [0.2, 0.25) is 17.7 Å². The molecule has 38 heavy (non-hydrogen) atoms. The largest absolute Gasteiger partial charge is 0.444 e. The van der Waals surface area contributed by atoms with Crippen LogP contribution in [0.2, 0.25) is 0 Å². The maximum absolute atomic E-state index is 14.1. The standard InChI is InChI=1S/C29H46N4O5/c1-7-18-33(27(36)23(16-17-24(30)34)32-28(37)38-29(4,5)6)25(22-15-11-12-19(2)20(22)3)26(35)31-21-13-9-8-10-14-21/h11-12,15,21,23,25H,7-10,13-14,16-18H2,1-6H3,(H2,30,34)(H,31,35)(H,32,37). The van der Waals surface area contributed by atoms with Crippen LogP contribution >= 0.6 is 0 Å². The van der Waals surface area contributed by atoms with Crippen molar-refractivity contribution in [1.82, 2.24) is 15.5 Å². The van der Waals surface area contributed by atoms with Crippen LogP contribution in [-0.4, -0.2) is 52.9 Å². The predicted octanol–water partition coefficient (Wildman–Crippen LogP) is 4.19. The SMILES string of the molecule is CCCN(C(=O)C(CCC(N)=O)NC(=O)OC(C)(C)C)C(C(=O)NC1CCCCC1)c1cccc(C)c1C. The normalized spacial score (nSPS) is 15.7. The summed E-state index contributed by atoms with van der Waals surface area (Å²) < 4.78 is 5.38. The molecule has 0 bridgehead atoms. The molecule has 212 valence electrons. The van der Waals surface area contributed by atoms with Crippen LogP contribution in [0, 0.1) is 13.8 Å². The Morgan fingerprint density at radius 2 is 1.76 bits per heavy atom. The van der Waals surface area contributed by atoms with Crippen molar-refractivity contribution in [2.75, 3.05) is 6.54 Å². The zero-order valence-electron chi connectivity index (χ0n) is 23.9. The number of hydrogen-bond donors (Lipinski definition) is 3. The van der Waals surface area contributed by atoms with Gasteiger partial charge in [0.1, 0.15) is 17.7 Å². The Morgan fingerprint density at radius 3 is 2.34 bits per heavy atom. The summed E-state index contributed by atoms with van der Waals surface area (Å²) in [6.45, 7) is 11.3. The third kappa shape index (κ3) is 9.33. The zero-order chi connectivity index (χ0) is 28.5. The first-order valence-electron chi connectivity index (χ1n) is 13.8. The van der Waals surface area contributed by atoms with Gasteiger partial charge in [-0.05, 0) is 77.0 Å². The van der Waals surface area contributed by atoms with Crippen molar-refractivity contribution >= 4 is 23.8 Å². The van der Waals surface area contributed by atoms with Gasteiger partial charge >= 0.3 is 6.09 Å². The minimum absolute atomic E-state index is 0.00259. The molecule has 1 aromatic rings. The average Bonchev–Trinajstić information content (AvgIpc) is 2.83. The smallest absolute Gasteiger partial charge is 0.408 e. The van der Waals surface area contributed by atoms with Crippen molar-refractivity contribution in [3.05, 3.63) is 34.9 Å². The molecule has 2 unspecified atom stereocenters. The molecule has 1 aromatic carbocycles. The Balaban J connectivity index is 2.48. The summed E-state index contributed by atoms with van der Waals surface area (Å²) in [5.41, 5.74) is 7.29. The number of primary amides is 1. The molecule has 1 saturated carbocycles. The Kier molecular flexibility index (Phi) is 11.6. The number of amides is 4. The van der Waals surface area contributed by atoms with Crippen molar-refractivity contribution in [3.8, 4) is 0 Å². The minimum atomic E-state index is -1.08. The van der Waals surface area contributed by atoms with Crippen LogP contribution in [0.25, 0.3) is 0 Å². The first kappa shape index (κ1) is 31.1. The monoisotopic (exact) mass is 530 g/mol. The lowest BCUT2D eigenvalue weighted by atomic mass is 9.92.